The maximum absolute atomic E-state index is 12.0. The molecule has 2 saturated heterocycles. The van der Waals surface area contributed by atoms with Crippen molar-refractivity contribution < 1.29 is 14.3 Å². The molecule has 1 aromatic rings. The number of hydrogen-bond donors (Lipinski definition) is 1. The van der Waals surface area contributed by atoms with Crippen molar-refractivity contribution in [2.75, 3.05) is 26.2 Å². The molecule has 2 aliphatic rings. The van der Waals surface area contributed by atoms with E-state index in [1.54, 1.807) is 24.5 Å². The van der Waals surface area contributed by atoms with Crippen molar-refractivity contribution in [3.05, 3.63) is 30.1 Å². The third-order valence-corrected chi connectivity index (χ3v) is 5.02. The summed E-state index contributed by atoms with van der Waals surface area (Å²) in [7, 11) is 0. The van der Waals surface area contributed by atoms with E-state index < -0.39 is 0 Å². The number of carbonyl (C=O) groups is 2. The number of nitrogens with zero attached hydrogens (tertiary/aromatic N) is 2. The molecule has 2 aliphatic heterocycles. The van der Waals surface area contributed by atoms with Crippen molar-refractivity contribution >= 4 is 11.8 Å². The second-order valence-electron chi connectivity index (χ2n) is 7.03. The van der Waals surface area contributed by atoms with E-state index in [2.05, 4.69) is 10.3 Å². The number of ether oxygens (including phenoxy) is 1. The molecule has 3 rings (SSSR count). The van der Waals surface area contributed by atoms with Gasteiger partial charge in [0.15, 0.2) is 0 Å². The highest BCUT2D eigenvalue weighted by atomic mass is 16.5. The van der Waals surface area contributed by atoms with Gasteiger partial charge >= 0.3 is 0 Å². The van der Waals surface area contributed by atoms with Gasteiger partial charge in [-0.3, -0.25) is 14.6 Å². The molecule has 3 heterocycles. The Morgan fingerprint density at radius 1 is 1.46 bits per heavy atom. The molecule has 0 saturated carbocycles. The standard InChI is InChI=1S/C18H25N3O3/c1-13(2)17(23)21-11-18(12-21)15(6-9-24-18)5-8-20-16(22)14-4-3-7-19-10-14/h3-4,7,10,13,15H,5-6,8-9,11-12H2,1-2H3,(H,20,22). The van der Waals surface area contributed by atoms with E-state index in [4.69, 9.17) is 4.74 Å². The lowest BCUT2D eigenvalue weighted by atomic mass is 9.78. The smallest absolute Gasteiger partial charge is 0.252 e. The highest BCUT2D eigenvalue weighted by Gasteiger charge is 2.54. The van der Waals surface area contributed by atoms with E-state index in [0.29, 0.717) is 31.1 Å². The molecule has 24 heavy (non-hydrogen) atoms. The zero-order valence-electron chi connectivity index (χ0n) is 14.3. The fourth-order valence-electron chi connectivity index (χ4n) is 3.62. The summed E-state index contributed by atoms with van der Waals surface area (Å²) in [4.78, 5) is 29.9. The lowest BCUT2D eigenvalue weighted by molar-refractivity contribution is -0.168. The van der Waals surface area contributed by atoms with Crippen LogP contribution in [0, 0.1) is 11.8 Å². The normalized spacial score (nSPS) is 21.8. The van der Waals surface area contributed by atoms with Crippen LogP contribution in [0.1, 0.15) is 37.0 Å². The van der Waals surface area contributed by atoms with E-state index in [1.807, 2.05) is 18.7 Å². The summed E-state index contributed by atoms with van der Waals surface area (Å²) in [6, 6.07) is 3.51. The lowest BCUT2D eigenvalue weighted by Gasteiger charge is -2.50. The summed E-state index contributed by atoms with van der Waals surface area (Å²) in [5.41, 5.74) is 0.385. The maximum Gasteiger partial charge on any atom is 0.252 e. The van der Waals surface area contributed by atoms with E-state index >= 15 is 0 Å². The van der Waals surface area contributed by atoms with Crippen LogP contribution in [0.25, 0.3) is 0 Å². The third kappa shape index (κ3) is 3.29. The molecule has 1 N–H and O–H groups in total. The van der Waals surface area contributed by atoms with Gasteiger partial charge in [-0.1, -0.05) is 13.8 Å². The Balaban J connectivity index is 1.47. The molecule has 1 aromatic heterocycles. The van der Waals surface area contributed by atoms with Crippen LogP contribution >= 0.6 is 0 Å². The quantitative estimate of drug-likeness (QED) is 0.887. The van der Waals surface area contributed by atoms with Crippen LogP contribution in [0.2, 0.25) is 0 Å². The molecule has 0 aromatic carbocycles. The molecule has 6 heteroatoms. The van der Waals surface area contributed by atoms with Crippen molar-refractivity contribution in [1.82, 2.24) is 15.2 Å². The molecule has 6 nitrogen and oxygen atoms in total. The molecule has 1 unspecified atom stereocenters. The lowest BCUT2D eigenvalue weighted by Crippen LogP contribution is -2.66. The zero-order chi connectivity index (χ0) is 17.2. The first-order valence-electron chi connectivity index (χ1n) is 8.63. The number of carbonyl (C=O) groups excluding carboxylic acids is 2. The van der Waals surface area contributed by atoms with Gasteiger partial charge in [-0.15, -0.1) is 0 Å². The Morgan fingerprint density at radius 2 is 2.25 bits per heavy atom. The largest absolute Gasteiger partial charge is 0.371 e. The first-order valence-corrected chi connectivity index (χ1v) is 8.63. The number of likely N-dealkylation sites (tertiary alicyclic amines) is 1. The minimum atomic E-state index is -0.191. The van der Waals surface area contributed by atoms with Crippen LogP contribution in [0.3, 0.4) is 0 Å². The Labute approximate surface area is 142 Å². The van der Waals surface area contributed by atoms with Gasteiger partial charge in [0, 0.05) is 31.5 Å². The second-order valence-corrected chi connectivity index (χ2v) is 7.03. The predicted octanol–water partition coefficient (Wildman–Crippen LogP) is 1.47. The number of hydrogen-bond acceptors (Lipinski definition) is 4. The molecule has 2 fully saturated rings. The van der Waals surface area contributed by atoms with Gasteiger partial charge < -0.3 is 15.0 Å². The highest BCUT2D eigenvalue weighted by molar-refractivity contribution is 5.93. The Hall–Kier alpha value is -1.95. The molecule has 1 spiro atoms. The van der Waals surface area contributed by atoms with Gasteiger partial charge in [0.2, 0.25) is 5.91 Å². The molecule has 2 amide bonds. The minimum Gasteiger partial charge on any atom is -0.371 e. The molecular formula is C18H25N3O3. The molecule has 1 atom stereocenters. The number of rotatable bonds is 5. The predicted molar refractivity (Wildman–Crippen MR) is 89.4 cm³/mol. The number of aromatic nitrogens is 1. The van der Waals surface area contributed by atoms with E-state index in [1.165, 1.54) is 0 Å². The minimum absolute atomic E-state index is 0.0287. The number of pyridine rings is 1. The summed E-state index contributed by atoms with van der Waals surface area (Å²) in [6.45, 7) is 6.57. The first kappa shape index (κ1) is 16.9. The Morgan fingerprint density at radius 3 is 2.92 bits per heavy atom. The van der Waals surface area contributed by atoms with Crippen LogP contribution in [0.5, 0.6) is 0 Å². The molecule has 0 radical (unpaired) electrons. The number of amides is 2. The maximum atomic E-state index is 12.0. The van der Waals surface area contributed by atoms with Gasteiger partial charge in [0.25, 0.3) is 5.91 Å². The monoisotopic (exact) mass is 331 g/mol. The van der Waals surface area contributed by atoms with Crippen LogP contribution in [-0.4, -0.2) is 53.5 Å². The summed E-state index contributed by atoms with van der Waals surface area (Å²) >= 11 is 0. The van der Waals surface area contributed by atoms with Crippen LogP contribution in [0.15, 0.2) is 24.5 Å². The Bertz CT molecular complexity index is 597. The second kappa shape index (κ2) is 6.89. The van der Waals surface area contributed by atoms with Crippen LogP contribution in [-0.2, 0) is 9.53 Å². The van der Waals surface area contributed by atoms with Gasteiger partial charge in [-0.25, -0.2) is 0 Å². The fourth-order valence-corrected chi connectivity index (χ4v) is 3.62. The number of nitrogens with one attached hydrogen (secondary N) is 1. The van der Waals surface area contributed by atoms with E-state index in [9.17, 15) is 9.59 Å². The van der Waals surface area contributed by atoms with Gasteiger partial charge in [0.05, 0.1) is 18.7 Å². The summed E-state index contributed by atoms with van der Waals surface area (Å²) in [6.07, 6.45) is 5.08. The zero-order valence-corrected chi connectivity index (χ0v) is 14.3. The van der Waals surface area contributed by atoms with Crippen molar-refractivity contribution in [2.45, 2.75) is 32.3 Å². The highest BCUT2D eigenvalue weighted by Crippen LogP contribution is 2.41. The van der Waals surface area contributed by atoms with E-state index in [0.717, 1.165) is 19.4 Å². The van der Waals surface area contributed by atoms with Crippen molar-refractivity contribution in [3.8, 4) is 0 Å². The van der Waals surface area contributed by atoms with Crippen molar-refractivity contribution in [2.24, 2.45) is 11.8 Å². The van der Waals surface area contributed by atoms with Gasteiger partial charge in [0.1, 0.15) is 5.60 Å². The van der Waals surface area contributed by atoms with Crippen molar-refractivity contribution in [1.29, 1.82) is 0 Å². The Kier molecular flexibility index (Phi) is 4.85. The molecular weight excluding hydrogens is 306 g/mol. The van der Waals surface area contributed by atoms with Gasteiger partial charge in [-0.2, -0.15) is 0 Å². The molecule has 0 aliphatic carbocycles. The average molecular weight is 331 g/mol. The van der Waals surface area contributed by atoms with Crippen molar-refractivity contribution in [3.63, 3.8) is 0 Å². The topological polar surface area (TPSA) is 71.5 Å². The van der Waals surface area contributed by atoms with Crippen LogP contribution < -0.4 is 5.32 Å². The summed E-state index contributed by atoms with van der Waals surface area (Å²) in [5.74, 6) is 0.518. The first-order chi connectivity index (χ1) is 11.5. The summed E-state index contributed by atoms with van der Waals surface area (Å²) < 4.78 is 5.97. The molecule has 130 valence electrons. The fraction of sp³-hybridized carbons (Fsp3) is 0.611. The van der Waals surface area contributed by atoms with Crippen LogP contribution in [0.4, 0.5) is 0 Å². The molecule has 0 bridgehead atoms. The van der Waals surface area contributed by atoms with E-state index in [-0.39, 0.29) is 23.3 Å². The summed E-state index contributed by atoms with van der Waals surface area (Å²) in [5, 5.41) is 2.95. The average Bonchev–Trinajstić information content (AvgIpc) is 2.97. The third-order valence-electron chi connectivity index (χ3n) is 5.02. The SMILES string of the molecule is CC(C)C(=O)N1CC2(C1)OCCC2CCNC(=O)c1cccnc1. The van der Waals surface area contributed by atoms with Gasteiger partial charge in [-0.05, 0) is 30.9 Å².